The molecule has 1 aromatic heterocycles. The first-order valence-corrected chi connectivity index (χ1v) is 11.6. The second-order valence-corrected chi connectivity index (χ2v) is 8.59. The summed E-state index contributed by atoms with van der Waals surface area (Å²) in [6.45, 7) is 9.60. The highest BCUT2D eigenvalue weighted by Gasteiger charge is 2.29. The van der Waals surface area contributed by atoms with Gasteiger partial charge in [-0.05, 0) is 64.2 Å². The first-order chi connectivity index (χ1) is 14.0. The Bertz CT molecular complexity index is 796. The third kappa shape index (κ3) is 5.32. The number of hydrogen-bond acceptors (Lipinski definition) is 5. The number of carbonyl (C=O) groups is 1. The molecule has 0 bridgehead atoms. The number of benzene rings is 1. The van der Waals surface area contributed by atoms with E-state index in [2.05, 4.69) is 50.0 Å². The summed E-state index contributed by atoms with van der Waals surface area (Å²) in [5.74, 6) is 2.19. The first kappa shape index (κ1) is 21.7. The Morgan fingerprint density at radius 1 is 1.14 bits per heavy atom. The van der Waals surface area contributed by atoms with Crippen molar-refractivity contribution in [3.05, 3.63) is 35.7 Å². The van der Waals surface area contributed by atoms with Crippen LogP contribution in [0.5, 0.6) is 5.75 Å². The molecule has 1 aliphatic heterocycles. The summed E-state index contributed by atoms with van der Waals surface area (Å²) in [6, 6.07) is 8.77. The van der Waals surface area contributed by atoms with Crippen LogP contribution in [0.2, 0.25) is 0 Å². The van der Waals surface area contributed by atoms with E-state index in [0.29, 0.717) is 24.4 Å². The van der Waals surface area contributed by atoms with Crippen LogP contribution in [0.4, 0.5) is 0 Å². The fourth-order valence-corrected chi connectivity index (χ4v) is 4.82. The number of aryl methyl sites for hydroxylation is 1. The Morgan fingerprint density at radius 2 is 1.83 bits per heavy atom. The maximum absolute atomic E-state index is 12.8. The number of thioether (sulfide) groups is 1. The summed E-state index contributed by atoms with van der Waals surface area (Å²) in [4.78, 5) is 14.8. The van der Waals surface area contributed by atoms with E-state index in [0.717, 1.165) is 42.5 Å². The Balaban J connectivity index is 1.59. The predicted molar refractivity (Wildman–Crippen MR) is 116 cm³/mol. The van der Waals surface area contributed by atoms with Gasteiger partial charge in [0.2, 0.25) is 5.91 Å². The van der Waals surface area contributed by atoms with Gasteiger partial charge in [-0.1, -0.05) is 30.8 Å². The maximum Gasteiger partial charge on any atom is 0.233 e. The molecule has 1 fully saturated rings. The van der Waals surface area contributed by atoms with Crippen LogP contribution in [-0.2, 0) is 24.4 Å². The van der Waals surface area contributed by atoms with Gasteiger partial charge in [0, 0.05) is 18.6 Å². The van der Waals surface area contributed by atoms with Crippen LogP contribution in [0.15, 0.2) is 29.4 Å². The van der Waals surface area contributed by atoms with Crippen molar-refractivity contribution in [3.63, 3.8) is 0 Å². The Hall–Kier alpha value is -2.02. The number of piperidine rings is 1. The standard InChI is InChI=1S/C22H32N4O2S/c1-5-18-10-12-19(13-11-18)28-14-20-23-24-22(25(20)6-2)29-15-21(27)26-16(3)8-7-9-17(26)4/h10-13,16-17H,5-9,14-15H2,1-4H3. The van der Waals surface area contributed by atoms with Crippen molar-refractivity contribution in [2.45, 2.75) is 83.8 Å². The molecule has 2 aromatic rings. The van der Waals surface area contributed by atoms with Gasteiger partial charge < -0.3 is 14.2 Å². The van der Waals surface area contributed by atoms with Gasteiger partial charge in [-0.2, -0.15) is 0 Å². The van der Waals surface area contributed by atoms with Gasteiger partial charge in [-0.3, -0.25) is 4.79 Å². The summed E-state index contributed by atoms with van der Waals surface area (Å²) in [7, 11) is 0. The normalized spacial score (nSPS) is 19.4. The monoisotopic (exact) mass is 416 g/mol. The molecule has 2 unspecified atom stereocenters. The van der Waals surface area contributed by atoms with Crippen molar-refractivity contribution in [1.29, 1.82) is 0 Å². The van der Waals surface area contributed by atoms with Crippen LogP contribution < -0.4 is 4.74 Å². The van der Waals surface area contributed by atoms with Crippen molar-refractivity contribution < 1.29 is 9.53 Å². The van der Waals surface area contributed by atoms with E-state index in [1.54, 1.807) is 0 Å². The molecule has 2 heterocycles. The van der Waals surface area contributed by atoms with Crippen LogP contribution in [0.3, 0.4) is 0 Å². The lowest BCUT2D eigenvalue weighted by Crippen LogP contribution is -2.48. The zero-order valence-electron chi connectivity index (χ0n) is 17.9. The molecule has 7 heteroatoms. The highest BCUT2D eigenvalue weighted by molar-refractivity contribution is 7.99. The summed E-state index contributed by atoms with van der Waals surface area (Å²) >= 11 is 1.47. The number of carbonyl (C=O) groups excluding carboxylic acids is 1. The zero-order chi connectivity index (χ0) is 20.8. The second-order valence-electron chi connectivity index (χ2n) is 7.65. The lowest BCUT2D eigenvalue weighted by atomic mass is 9.98. The molecule has 1 aliphatic rings. The fraction of sp³-hybridized carbons (Fsp3) is 0.591. The summed E-state index contributed by atoms with van der Waals surface area (Å²) < 4.78 is 7.92. The largest absolute Gasteiger partial charge is 0.486 e. The van der Waals surface area contributed by atoms with Crippen LogP contribution in [-0.4, -0.2) is 43.4 Å². The Labute approximate surface area is 178 Å². The molecule has 0 spiro atoms. The first-order valence-electron chi connectivity index (χ1n) is 10.6. The van der Waals surface area contributed by atoms with E-state index in [-0.39, 0.29) is 5.91 Å². The summed E-state index contributed by atoms with van der Waals surface area (Å²) in [5, 5.41) is 9.38. The van der Waals surface area contributed by atoms with E-state index >= 15 is 0 Å². The number of ether oxygens (including phenoxy) is 1. The second kappa shape index (κ2) is 10.1. The molecular weight excluding hydrogens is 384 g/mol. The van der Waals surface area contributed by atoms with E-state index in [4.69, 9.17) is 4.74 Å². The lowest BCUT2D eigenvalue weighted by Gasteiger charge is -2.39. The lowest BCUT2D eigenvalue weighted by molar-refractivity contribution is -0.134. The predicted octanol–water partition coefficient (Wildman–Crippen LogP) is 4.32. The van der Waals surface area contributed by atoms with Gasteiger partial charge in [-0.25, -0.2) is 0 Å². The minimum Gasteiger partial charge on any atom is -0.486 e. The third-order valence-electron chi connectivity index (χ3n) is 5.62. The van der Waals surface area contributed by atoms with Crippen LogP contribution in [0.25, 0.3) is 0 Å². The van der Waals surface area contributed by atoms with Crippen molar-refractivity contribution in [1.82, 2.24) is 19.7 Å². The van der Waals surface area contributed by atoms with Crippen LogP contribution in [0, 0.1) is 0 Å². The molecule has 6 nitrogen and oxygen atoms in total. The van der Waals surface area contributed by atoms with Gasteiger partial charge in [0.15, 0.2) is 11.0 Å². The Morgan fingerprint density at radius 3 is 2.45 bits per heavy atom. The minimum absolute atomic E-state index is 0.189. The number of aromatic nitrogens is 3. The zero-order valence-corrected chi connectivity index (χ0v) is 18.7. The molecule has 1 aromatic carbocycles. The smallest absolute Gasteiger partial charge is 0.233 e. The van der Waals surface area contributed by atoms with Crippen molar-refractivity contribution in [2.75, 3.05) is 5.75 Å². The van der Waals surface area contributed by atoms with E-state index < -0.39 is 0 Å². The van der Waals surface area contributed by atoms with Gasteiger partial charge in [0.05, 0.1) is 5.75 Å². The van der Waals surface area contributed by atoms with E-state index in [1.165, 1.54) is 23.7 Å². The maximum atomic E-state index is 12.8. The highest BCUT2D eigenvalue weighted by atomic mass is 32.2. The van der Waals surface area contributed by atoms with Gasteiger partial charge in [0.25, 0.3) is 0 Å². The highest BCUT2D eigenvalue weighted by Crippen LogP contribution is 2.25. The molecule has 1 saturated heterocycles. The van der Waals surface area contributed by atoms with Crippen molar-refractivity contribution in [2.24, 2.45) is 0 Å². The van der Waals surface area contributed by atoms with E-state index in [1.807, 2.05) is 21.6 Å². The number of hydrogen-bond donors (Lipinski definition) is 0. The van der Waals surface area contributed by atoms with E-state index in [9.17, 15) is 4.79 Å². The molecule has 0 N–H and O–H groups in total. The molecular formula is C22H32N4O2S. The van der Waals surface area contributed by atoms with Gasteiger partial charge >= 0.3 is 0 Å². The number of nitrogens with zero attached hydrogens (tertiary/aromatic N) is 4. The molecule has 0 aliphatic carbocycles. The quantitative estimate of drug-likeness (QED) is 0.600. The van der Waals surface area contributed by atoms with Crippen LogP contribution in [0.1, 0.15) is 58.3 Å². The number of amides is 1. The molecule has 3 rings (SSSR count). The SMILES string of the molecule is CCc1ccc(OCc2nnc(SCC(=O)N3C(C)CCCC3C)n2CC)cc1. The van der Waals surface area contributed by atoms with Gasteiger partial charge in [-0.15, -0.1) is 10.2 Å². The third-order valence-corrected chi connectivity index (χ3v) is 6.57. The summed E-state index contributed by atoms with van der Waals surface area (Å²) in [6.07, 6.45) is 4.39. The van der Waals surface area contributed by atoms with Crippen molar-refractivity contribution in [3.8, 4) is 5.75 Å². The minimum atomic E-state index is 0.189. The average Bonchev–Trinajstić information content (AvgIpc) is 3.12. The average molecular weight is 417 g/mol. The fourth-order valence-electron chi connectivity index (χ4n) is 3.93. The number of likely N-dealkylation sites (tertiary alicyclic amines) is 1. The Kier molecular flexibility index (Phi) is 7.58. The molecule has 29 heavy (non-hydrogen) atoms. The van der Waals surface area contributed by atoms with Crippen LogP contribution >= 0.6 is 11.8 Å². The van der Waals surface area contributed by atoms with Gasteiger partial charge in [0.1, 0.15) is 12.4 Å². The molecule has 158 valence electrons. The molecule has 1 amide bonds. The topological polar surface area (TPSA) is 60.3 Å². The molecule has 0 saturated carbocycles. The summed E-state index contributed by atoms with van der Waals surface area (Å²) in [5.41, 5.74) is 1.29. The van der Waals surface area contributed by atoms with Crippen molar-refractivity contribution >= 4 is 17.7 Å². The molecule has 0 radical (unpaired) electrons. The number of rotatable bonds is 8. The molecule has 2 atom stereocenters.